The summed E-state index contributed by atoms with van der Waals surface area (Å²) in [5.41, 5.74) is 1.87. The number of nitrogens with zero attached hydrogens (tertiary/aromatic N) is 1. The van der Waals surface area contributed by atoms with Gasteiger partial charge in [0, 0.05) is 15.2 Å². The molecule has 2 amide bonds. The molecule has 0 aliphatic carbocycles. The lowest BCUT2D eigenvalue weighted by Crippen LogP contribution is -2.32. The van der Waals surface area contributed by atoms with Crippen molar-refractivity contribution in [3.63, 3.8) is 0 Å². The highest BCUT2D eigenvalue weighted by Crippen LogP contribution is 2.32. The lowest BCUT2D eigenvalue weighted by atomic mass is 10.2. The number of carbonyl (C=O) groups is 2. The molecule has 0 spiro atoms. The normalized spacial score (nSPS) is 14.6. The average molecular weight is 426 g/mol. The molecule has 1 heterocycles. The molecule has 1 aliphatic heterocycles. The fourth-order valence-corrected chi connectivity index (χ4v) is 2.97. The molecular formula is C17H11BrCl2N2O2. The maximum absolute atomic E-state index is 12.7. The monoisotopic (exact) mass is 424 g/mol. The van der Waals surface area contributed by atoms with Gasteiger partial charge in [-0.3, -0.25) is 9.59 Å². The van der Waals surface area contributed by atoms with Gasteiger partial charge in [-0.05, 0) is 48.9 Å². The van der Waals surface area contributed by atoms with E-state index in [2.05, 4.69) is 21.2 Å². The Balaban J connectivity index is 1.95. The zero-order valence-corrected chi connectivity index (χ0v) is 15.5. The quantitative estimate of drug-likeness (QED) is 0.715. The van der Waals surface area contributed by atoms with Crippen molar-refractivity contribution in [2.45, 2.75) is 6.92 Å². The van der Waals surface area contributed by atoms with Gasteiger partial charge in [0.1, 0.15) is 10.7 Å². The first-order valence-corrected chi connectivity index (χ1v) is 8.51. The van der Waals surface area contributed by atoms with Gasteiger partial charge in [-0.15, -0.1) is 0 Å². The molecule has 0 unspecified atom stereocenters. The largest absolute Gasteiger partial charge is 0.349 e. The van der Waals surface area contributed by atoms with E-state index in [0.717, 1.165) is 14.9 Å². The van der Waals surface area contributed by atoms with Crippen LogP contribution in [-0.4, -0.2) is 11.8 Å². The molecule has 0 bridgehead atoms. The zero-order valence-electron chi connectivity index (χ0n) is 12.4. The van der Waals surface area contributed by atoms with Crippen LogP contribution in [0.25, 0.3) is 0 Å². The molecule has 4 nitrogen and oxygen atoms in total. The van der Waals surface area contributed by atoms with Crippen LogP contribution in [0.4, 0.5) is 11.4 Å². The Morgan fingerprint density at radius 1 is 1.00 bits per heavy atom. The second kappa shape index (κ2) is 6.59. The molecule has 0 atom stereocenters. The van der Waals surface area contributed by atoms with Gasteiger partial charge in [0.05, 0.1) is 5.69 Å². The zero-order chi connectivity index (χ0) is 17.4. The van der Waals surface area contributed by atoms with E-state index >= 15 is 0 Å². The van der Waals surface area contributed by atoms with Crippen molar-refractivity contribution in [1.82, 2.24) is 0 Å². The molecule has 7 heteroatoms. The van der Waals surface area contributed by atoms with Crippen molar-refractivity contribution in [1.29, 1.82) is 0 Å². The number of imide groups is 1. The first kappa shape index (κ1) is 17.0. The van der Waals surface area contributed by atoms with Crippen LogP contribution in [0.5, 0.6) is 0 Å². The smallest absolute Gasteiger partial charge is 0.283 e. The lowest BCUT2D eigenvalue weighted by molar-refractivity contribution is -0.120. The number of hydrogen-bond acceptors (Lipinski definition) is 3. The number of hydrogen-bond donors (Lipinski definition) is 1. The highest BCUT2D eigenvalue weighted by Gasteiger charge is 2.39. The van der Waals surface area contributed by atoms with Gasteiger partial charge in [0.2, 0.25) is 0 Å². The van der Waals surface area contributed by atoms with Gasteiger partial charge in [0.25, 0.3) is 11.8 Å². The Morgan fingerprint density at radius 2 is 1.67 bits per heavy atom. The van der Waals surface area contributed by atoms with Crippen molar-refractivity contribution in [3.05, 3.63) is 68.3 Å². The molecule has 2 aromatic carbocycles. The standard InChI is InChI=1S/C17H11BrCl2N2O2/c1-9-12(19)3-2-4-13(9)21-15-14(20)16(23)22(17(15)24)11-7-5-10(18)6-8-11/h2-8,21H,1H3. The molecule has 1 N–H and O–H groups in total. The molecule has 0 aromatic heterocycles. The highest BCUT2D eigenvalue weighted by molar-refractivity contribution is 9.10. The lowest BCUT2D eigenvalue weighted by Gasteiger charge is -2.15. The molecule has 2 aromatic rings. The predicted molar refractivity (Wildman–Crippen MR) is 99.3 cm³/mol. The van der Waals surface area contributed by atoms with Crippen LogP contribution in [0.1, 0.15) is 5.56 Å². The van der Waals surface area contributed by atoms with Crippen LogP contribution in [0, 0.1) is 6.92 Å². The van der Waals surface area contributed by atoms with Crippen LogP contribution in [0.2, 0.25) is 5.02 Å². The van der Waals surface area contributed by atoms with E-state index in [4.69, 9.17) is 23.2 Å². The number of carbonyl (C=O) groups excluding carboxylic acids is 2. The Bertz CT molecular complexity index is 879. The summed E-state index contributed by atoms with van der Waals surface area (Å²) in [6, 6.07) is 12.1. The number of amides is 2. The van der Waals surface area contributed by atoms with Crippen LogP contribution in [0.15, 0.2) is 57.7 Å². The summed E-state index contributed by atoms with van der Waals surface area (Å²) in [5, 5.41) is 3.34. The minimum atomic E-state index is -0.564. The highest BCUT2D eigenvalue weighted by atomic mass is 79.9. The Kier molecular flexibility index (Phi) is 4.67. The van der Waals surface area contributed by atoms with Gasteiger partial charge in [-0.25, -0.2) is 4.90 Å². The summed E-state index contributed by atoms with van der Waals surface area (Å²) in [7, 11) is 0. The van der Waals surface area contributed by atoms with E-state index < -0.39 is 11.8 Å². The van der Waals surface area contributed by atoms with Gasteiger partial charge in [0.15, 0.2) is 0 Å². The Hall–Kier alpha value is -1.82. The van der Waals surface area contributed by atoms with Gasteiger partial charge in [-0.2, -0.15) is 0 Å². The van der Waals surface area contributed by atoms with E-state index in [0.29, 0.717) is 16.4 Å². The maximum Gasteiger partial charge on any atom is 0.283 e. The number of nitrogens with one attached hydrogen (secondary N) is 1. The molecule has 0 radical (unpaired) electrons. The van der Waals surface area contributed by atoms with Gasteiger partial charge in [-0.1, -0.05) is 45.2 Å². The second-order valence-corrected chi connectivity index (χ2v) is 6.85. The molecular weight excluding hydrogens is 415 g/mol. The van der Waals surface area contributed by atoms with Gasteiger partial charge >= 0.3 is 0 Å². The van der Waals surface area contributed by atoms with E-state index in [1.54, 1.807) is 42.5 Å². The molecule has 122 valence electrons. The van der Waals surface area contributed by atoms with Crippen LogP contribution in [0.3, 0.4) is 0 Å². The summed E-state index contributed by atoms with van der Waals surface area (Å²) < 4.78 is 0.845. The van der Waals surface area contributed by atoms with Crippen molar-refractivity contribution in [2.75, 3.05) is 10.2 Å². The third-order valence-electron chi connectivity index (χ3n) is 3.64. The summed E-state index contributed by atoms with van der Waals surface area (Å²) in [4.78, 5) is 26.1. The first-order chi connectivity index (χ1) is 11.4. The fourth-order valence-electron chi connectivity index (χ4n) is 2.31. The minimum Gasteiger partial charge on any atom is -0.349 e. The molecule has 3 rings (SSSR count). The molecule has 0 saturated heterocycles. The SMILES string of the molecule is Cc1c(Cl)cccc1NC1=C(Cl)C(=O)N(c2ccc(Br)cc2)C1=O. The van der Waals surface area contributed by atoms with Crippen LogP contribution < -0.4 is 10.2 Å². The minimum absolute atomic E-state index is 0.0370. The number of rotatable bonds is 3. The summed E-state index contributed by atoms with van der Waals surface area (Å²) in [5.74, 6) is -1.07. The third kappa shape index (κ3) is 2.95. The van der Waals surface area contributed by atoms with Crippen molar-refractivity contribution in [3.8, 4) is 0 Å². The van der Waals surface area contributed by atoms with E-state index in [-0.39, 0.29) is 10.7 Å². The summed E-state index contributed by atoms with van der Waals surface area (Å²) >= 11 is 15.5. The van der Waals surface area contributed by atoms with E-state index in [1.807, 2.05) is 6.92 Å². The summed E-state index contributed by atoms with van der Waals surface area (Å²) in [6.07, 6.45) is 0. The van der Waals surface area contributed by atoms with Crippen molar-refractivity contribution < 1.29 is 9.59 Å². The second-order valence-electron chi connectivity index (χ2n) is 5.15. The number of benzene rings is 2. The molecule has 24 heavy (non-hydrogen) atoms. The number of halogens is 3. The molecule has 0 saturated carbocycles. The maximum atomic E-state index is 12.7. The molecule has 0 fully saturated rings. The topological polar surface area (TPSA) is 49.4 Å². The van der Waals surface area contributed by atoms with Gasteiger partial charge < -0.3 is 5.32 Å². The van der Waals surface area contributed by atoms with Crippen LogP contribution >= 0.6 is 39.1 Å². The fraction of sp³-hybridized carbons (Fsp3) is 0.0588. The number of anilines is 2. The van der Waals surface area contributed by atoms with E-state index in [1.165, 1.54) is 0 Å². The average Bonchev–Trinajstić information content (AvgIpc) is 2.76. The Morgan fingerprint density at radius 3 is 2.33 bits per heavy atom. The first-order valence-electron chi connectivity index (χ1n) is 6.96. The summed E-state index contributed by atoms with van der Waals surface area (Å²) in [6.45, 7) is 1.81. The predicted octanol–water partition coefficient (Wildman–Crippen LogP) is 4.85. The molecule has 1 aliphatic rings. The van der Waals surface area contributed by atoms with Crippen molar-refractivity contribution in [2.24, 2.45) is 0 Å². The van der Waals surface area contributed by atoms with Crippen LogP contribution in [-0.2, 0) is 9.59 Å². The third-order valence-corrected chi connectivity index (χ3v) is 4.93. The van der Waals surface area contributed by atoms with Crippen molar-refractivity contribution >= 4 is 62.3 Å². The Labute approximate surface area is 157 Å². The van der Waals surface area contributed by atoms with E-state index in [9.17, 15) is 9.59 Å².